The first-order valence-electron chi connectivity index (χ1n) is 8.76. The molecule has 0 saturated heterocycles. The van der Waals surface area contributed by atoms with Gasteiger partial charge in [-0.1, -0.05) is 25.1 Å². The molecule has 2 heterocycles. The molecule has 7 heteroatoms. The first kappa shape index (κ1) is 23.3. The summed E-state index contributed by atoms with van der Waals surface area (Å²) in [6.07, 6.45) is 6.23. The maximum absolute atomic E-state index is 11.6. The number of anilines is 1. The molecule has 29 heavy (non-hydrogen) atoms. The summed E-state index contributed by atoms with van der Waals surface area (Å²) in [5.74, 6) is 0.545. The van der Waals surface area contributed by atoms with Gasteiger partial charge in [0.05, 0.1) is 12.8 Å². The van der Waals surface area contributed by atoms with Crippen LogP contribution in [0.2, 0.25) is 0 Å². The lowest BCUT2D eigenvalue weighted by Gasteiger charge is -2.05. The van der Waals surface area contributed by atoms with Crippen LogP contribution in [0.5, 0.6) is 5.75 Å². The van der Waals surface area contributed by atoms with Gasteiger partial charge in [0, 0.05) is 33.0 Å². The highest BCUT2D eigenvalue weighted by molar-refractivity contribution is 6.02. The molecule has 0 radical (unpaired) electrons. The fourth-order valence-electron chi connectivity index (χ4n) is 2.27. The fourth-order valence-corrected chi connectivity index (χ4v) is 2.27. The van der Waals surface area contributed by atoms with Gasteiger partial charge in [0.15, 0.2) is 0 Å². The van der Waals surface area contributed by atoms with E-state index in [4.69, 9.17) is 9.53 Å². The Kier molecular flexibility index (Phi) is 10.1. The molecule has 3 rings (SSSR count). The first-order valence-corrected chi connectivity index (χ1v) is 8.76. The lowest BCUT2D eigenvalue weighted by Crippen LogP contribution is -2.12. The van der Waals surface area contributed by atoms with Crippen LogP contribution in [0.1, 0.15) is 30.3 Å². The molecule has 1 amide bonds. The highest BCUT2D eigenvalue weighted by Crippen LogP contribution is 2.18. The molecule has 154 valence electrons. The summed E-state index contributed by atoms with van der Waals surface area (Å²) in [4.78, 5) is 34.1. The Morgan fingerprint density at radius 1 is 1.24 bits per heavy atom. The van der Waals surface area contributed by atoms with Crippen molar-refractivity contribution in [2.75, 3.05) is 12.4 Å². The van der Waals surface area contributed by atoms with E-state index in [0.29, 0.717) is 5.69 Å². The van der Waals surface area contributed by atoms with E-state index in [9.17, 15) is 9.59 Å². The Morgan fingerprint density at radius 2 is 2.00 bits per heavy atom. The number of methoxy groups -OCH3 is 1. The number of pyridine rings is 1. The number of ether oxygens (including phenoxy) is 1. The van der Waals surface area contributed by atoms with Crippen molar-refractivity contribution in [3.8, 4) is 5.75 Å². The largest absolute Gasteiger partial charge is 0.497 e. The third-order valence-corrected chi connectivity index (χ3v) is 3.81. The number of carbonyl (C=O) groups excluding carboxylic acids is 3. The average molecular weight is 397 g/mol. The third-order valence-electron chi connectivity index (χ3n) is 3.81. The van der Waals surface area contributed by atoms with Crippen LogP contribution in [0.15, 0.2) is 67.1 Å². The van der Waals surface area contributed by atoms with Gasteiger partial charge in [-0.15, -0.1) is 0 Å². The van der Waals surface area contributed by atoms with E-state index in [-0.39, 0.29) is 13.3 Å². The Balaban J connectivity index is 0.000000513. The van der Waals surface area contributed by atoms with Crippen molar-refractivity contribution in [3.63, 3.8) is 0 Å². The molecule has 0 aliphatic rings. The second-order valence-electron chi connectivity index (χ2n) is 5.94. The molecule has 1 atom stereocenters. The summed E-state index contributed by atoms with van der Waals surface area (Å²) in [6.45, 7) is 3.86. The first-order chi connectivity index (χ1) is 14.0. The van der Waals surface area contributed by atoms with Crippen molar-refractivity contribution >= 4 is 24.7 Å². The number of carbonyl (C=O) groups is 3. The number of hydrogen-bond acceptors (Lipinski definition) is 5. The summed E-state index contributed by atoms with van der Waals surface area (Å²) < 4.78 is 6.90. The standard InChI is InChI=1S/C11H11N3O.C10H12O2.CH2O.H2/c1-14-7-5-9(8-14)13-11(15)10-4-2-3-6-12-10;1-8(7-11)9-4-3-5-10(6-9)12-2;1-2;/h2-8H,1H3,(H,13,15);3-8H,1-2H3;1H2;1H. The molecule has 0 saturated carbocycles. The van der Waals surface area contributed by atoms with Gasteiger partial charge in [0.25, 0.3) is 5.91 Å². The van der Waals surface area contributed by atoms with Crippen molar-refractivity contribution in [1.82, 2.24) is 9.55 Å². The molecule has 1 N–H and O–H groups in total. The Morgan fingerprint density at radius 3 is 2.55 bits per heavy atom. The molecular weight excluding hydrogens is 370 g/mol. The van der Waals surface area contributed by atoms with Crippen LogP contribution in [0.25, 0.3) is 0 Å². The van der Waals surface area contributed by atoms with Crippen molar-refractivity contribution in [1.29, 1.82) is 0 Å². The zero-order chi connectivity index (χ0) is 21.6. The molecule has 0 bridgehead atoms. The van der Waals surface area contributed by atoms with Crippen LogP contribution in [0, 0.1) is 0 Å². The van der Waals surface area contributed by atoms with Crippen LogP contribution >= 0.6 is 0 Å². The Bertz CT molecular complexity index is 900. The molecular formula is C22H27N3O4. The summed E-state index contributed by atoms with van der Waals surface area (Å²) in [6, 6.07) is 14.6. The maximum Gasteiger partial charge on any atom is 0.274 e. The highest BCUT2D eigenvalue weighted by atomic mass is 16.5. The van der Waals surface area contributed by atoms with Crippen LogP contribution in [-0.4, -0.2) is 35.6 Å². The Hall–Kier alpha value is -3.74. The topological polar surface area (TPSA) is 90.3 Å². The molecule has 2 aromatic heterocycles. The van der Waals surface area contributed by atoms with Crippen LogP contribution in [0.3, 0.4) is 0 Å². The van der Waals surface area contributed by atoms with E-state index < -0.39 is 0 Å². The van der Waals surface area contributed by atoms with E-state index in [2.05, 4.69) is 10.3 Å². The zero-order valence-electron chi connectivity index (χ0n) is 16.7. The number of nitrogens with one attached hydrogen (secondary N) is 1. The second kappa shape index (κ2) is 12.6. The third kappa shape index (κ3) is 7.80. The number of hydrogen-bond donors (Lipinski definition) is 1. The molecule has 0 aliphatic heterocycles. The van der Waals surface area contributed by atoms with Gasteiger partial charge < -0.3 is 24.2 Å². The smallest absolute Gasteiger partial charge is 0.274 e. The van der Waals surface area contributed by atoms with Gasteiger partial charge in [0.2, 0.25) is 0 Å². The van der Waals surface area contributed by atoms with Crippen LogP contribution in [-0.2, 0) is 16.6 Å². The number of aromatic nitrogens is 2. The highest BCUT2D eigenvalue weighted by Gasteiger charge is 2.06. The number of rotatable bonds is 5. The summed E-state index contributed by atoms with van der Waals surface area (Å²) in [5.41, 5.74) is 2.18. The van der Waals surface area contributed by atoms with Crippen LogP contribution in [0.4, 0.5) is 5.69 Å². The summed E-state index contributed by atoms with van der Waals surface area (Å²) in [7, 11) is 3.51. The van der Waals surface area contributed by atoms with E-state index in [0.717, 1.165) is 23.3 Å². The normalized spacial score (nSPS) is 10.3. The van der Waals surface area contributed by atoms with Crippen molar-refractivity contribution in [2.45, 2.75) is 12.8 Å². The average Bonchev–Trinajstić information content (AvgIpc) is 3.20. The van der Waals surface area contributed by atoms with Gasteiger partial charge in [-0.2, -0.15) is 0 Å². The van der Waals surface area contributed by atoms with E-state index in [1.807, 2.05) is 68.1 Å². The lowest BCUT2D eigenvalue weighted by atomic mass is 10.0. The minimum Gasteiger partial charge on any atom is -0.497 e. The predicted octanol–water partition coefficient (Wildman–Crippen LogP) is 3.73. The predicted molar refractivity (Wildman–Crippen MR) is 114 cm³/mol. The maximum atomic E-state index is 11.6. The summed E-state index contributed by atoms with van der Waals surface area (Å²) >= 11 is 0. The zero-order valence-corrected chi connectivity index (χ0v) is 16.7. The van der Waals surface area contributed by atoms with Crippen LogP contribution < -0.4 is 10.1 Å². The lowest BCUT2D eigenvalue weighted by molar-refractivity contribution is -0.108. The quantitative estimate of drug-likeness (QED) is 0.663. The van der Waals surface area contributed by atoms with Gasteiger partial charge in [-0.25, -0.2) is 0 Å². The van der Waals surface area contributed by atoms with Gasteiger partial charge in [0.1, 0.15) is 24.5 Å². The number of aldehydes is 1. The molecule has 0 spiro atoms. The molecule has 1 aromatic carbocycles. The SMILES string of the molecule is C=O.COc1cccc(C(C)C=O)c1.Cn1ccc(NC(=O)c2ccccn2)c1.[HH]. The minimum atomic E-state index is -0.193. The Labute approximate surface area is 171 Å². The van der Waals surface area contributed by atoms with Gasteiger partial charge in [-0.05, 0) is 35.9 Å². The number of benzene rings is 1. The van der Waals surface area contributed by atoms with Crippen molar-refractivity contribution < 1.29 is 20.5 Å². The van der Waals surface area contributed by atoms with Gasteiger partial charge >= 0.3 is 0 Å². The number of aryl methyl sites for hydroxylation is 1. The molecule has 1 unspecified atom stereocenters. The molecule has 7 nitrogen and oxygen atoms in total. The van der Waals surface area contributed by atoms with Crippen molar-refractivity contribution in [3.05, 3.63) is 78.4 Å². The van der Waals surface area contributed by atoms with Crippen molar-refractivity contribution in [2.24, 2.45) is 7.05 Å². The monoisotopic (exact) mass is 397 g/mol. The molecule has 3 aromatic rings. The molecule has 0 aliphatic carbocycles. The minimum absolute atomic E-state index is 0. The fraction of sp³-hybridized carbons (Fsp3) is 0.182. The second-order valence-corrected chi connectivity index (χ2v) is 5.94. The van der Waals surface area contributed by atoms with E-state index in [1.54, 1.807) is 31.5 Å². The van der Waals surface area contributed by atoms with Gasteiger partial charge in [-0.3, -0.25) is 9.78 Å². The molecule has 0 fully saturated rings. The number of nitrogens with zero attached hydrogens (tertiary/aromatic N) is 2. The van der Waals surface area contributed by atoms with E-state index in [1.165, 1.54) is 0 Å². The van der Waals surface area contributed by atoms with E-state index >= 15 is 0 Å². The summed E-state index contributed by atoms with van der Waals surface area (Å²) in [5, 5.41) is 2.76. The number of amides is 1.